The number of carbonyl (C=O) groups excluding carboxylic acids is 3. The summed E-state index contributed by atoms with van der Waals surface area (Å²) in [6.45, 7) is 9.22. The van der Waals surface area contributed by atoms with E-state index >= 15 is 0 Å². The van der Waals surface area contributed by atoms with Crippen molar-refractivity contribution in [3.63, 3.8) is 0 Å². The first-order valence-electron chi connectivity index (χ1n) is 9.65. The molecule has 27 heavy (non-hydrogen) atoms. The predicted octanol–water partition coefficient (Wildman–Crippen LogP) is 1.68. The first kappa shape index (κ1) is 19.4. The molecule has 0 saturated carbocycles. The van der Waals surface area contributed by atoms with Gasteiger partial charge in [0, 0.05) is 25.6 Å². The molecule has 2 aliphatic heterocycles. The van der Waals surface area contributed by atoms with E-state index in [1.54, 1.807) is 4.90 Å². The number of nitrogens with zero attached hydrogens (tertiary/aromatic N) is 1. The van der Waals surface area contributed by atoms with E-state index in [0.29, 0.717) is 32.5 Å². The number of likely N-dealkylation sites (tertiary alicyclic amines) is 1. The molecule has 2 heterocycles. The molecule has 0 radical (unpaired) electrons. The van der Waals surface area contributed by atoms with Gasteiger partial charge in [-0.2, -0.15) is 0 Å². The van der Waals surface area contributed by atoms with Gasteiger partial charge in [-0.25, -0.2) is 0 Å². The predicted molar refractivity (Wildman–Crippen MR) is 103 cm³/mol. The second kappa shape index (κ2) is 7.33. The van der Waals surface area contributed by atoms with E-state index in [-0.39, 0.29) is 23.6 Å². The van der Waals surface area contributed by atoms with Crippen LogP contribution in [-0.4, -0.2) is 41.8 Å². The lowest BCUT2D eigenvalue weighted by atomic mass is 9.84. The van der Waals surface area contributed by atoms with E-state index in [0.717, 1.165) is 16.7 Å². The number of nitrogens with one attached hydrogen (secondary N) is 2. The minimum absolute atomic E-state index is 0.0718. The zero-order valence-corrected chi connectivity index (χ0v) is 16.6. The third kappa shape index (κ3) is 3.84. The van der Waals surface area contributed by atoms with Crippen LogP contribution in [0.3, 0.4) is 0 Å². The average Bonchev–Trinajstić information content (AvgIpc) is 3.19. The first-order valence-corrected chi connectivity index (χ1v) is 9.65. The van der Waals surface area contributed by atoms with E-state index in [4.69, 9.17) is 0 Å². The number of rotatable bonds is 4. The minimum atomic E-state index is -0.619. The molecular formula is C21H29N3O3. The van der Waals surface area contributed by atoms with Crippen LogP contribution in [0.15, 0.2) is 18.2 Å². The summed E-state index contributed by atoms with van der Waals surface area (Å²) in [4.78, 5) is 39.2. The second-order valence-electron chi connectivity index (χ2n) is 8.32. The molecule has 0 aliphatic carbocycles. The molecule has 3 rings (SSSR count). The Balaban J connectivity index is 1.61. The van der Waals surface area contributed by atoms with E-state index < -0.39 is 11.5 Å². The molecule has 1 aromatic carbocycles. The smallest absolute Gasteiger partial charge is 0.242 e. The van der Waals surface area contributed by atoms with Crippen LogP contribution in [-0.2, 0) is 20.9 Å². The normalized spacial score (nSPS) is 24.6. The van der Waals surface area contributed by atoms with Crippen LogP contribution in [0.1, 0.15) is 43.4 Å². The summed E-state index contributed by atoms with van der Waals surface area (Å²) in [5, 5.41) is 5.80. The van der Waals surface area contributed by atoms with Crippen molar-refractivity contribution in [2.24, 2.45) is 11.3 Å². The Labute approximate surface area is 160 Å². The number of amides is 3. The lowest BCUT2D eigenvalue weighted by Crippen LogP contribution is -2.41. The summed E-state index contributed by atoms with van der Waals surface area (Å²) in [6.07, 6.45) is 1.07. The summed E-state index contributed by atoms with van der Waals surface area (Å²) >= 11 is 0. The van der Waals surface area contributed by atoms with Crippen molar-refractivity contribution >= 4 is 17.7 Å². The SMILES string of the molecule is Cc1ccc(C)c(CNC(=O)[C@@H]2C[C@]3(CCN(C(=O)C(C)C)C3)C(=O)N2)c1. The molecule has 2 atom stereocenters. The standard InChI is InChI=1S/C21H29N3O3/c1-13(2)19(26)24-8-7-21(12-24)10-17(23-20(21)27)18(25)22-11-16-9-14(3)5-6-15(16)4/h5-6,9,13,17H,7-8,10-12H2,1-4H3,(H,22,25)(H,23,27)/t17-,21-/m0/s1. The van der Waals surface area contributed by atoms with Crippen LogP contribution >= 0.6 is 0 Å². The Bertz CT molecular complexity index is 774. The highest BCUT2D eigenvalue weighted by Crippen LogP contribution is 2.40. The van der Waals surface area contributed by atoms with Gasteiger partial charge >= 0.3 is 0 Å². The highest BCUT2D eigenvalue weighted by atomic mass is 16.2. The molecule has 2 saturated heterocycles. The molecule has 0 aromatic heterocycles. The maximum Gasteiger partial charge on any atom is 0.242 e. The van der Waals surface area contributed by atoms with Crippen molar-refractivity contribution in [1.82, 2.24) is 15.5 Å². The Morgan fingerprint density at radius 1 is 1.33 bits per heavy atom. The maximum atomic E-state index is 12.6. The molecule has 0 bridgehead atoms. The molecular weight excluding hydrogens is 342 g/mol. The Morgan fingerprint density at radius 3 is 2.78 bits per heavy atom. The van der Waals surface area contributed by atoms with E-state index in [1.165, 1.54) is 0 Å². The van der Waals surface area contributed by atoms with Gasteiger partial charge in [0.1, 0.15) is 6.04 Å². The number of hydrogen-bond donors (Lipinski definition) is 2. The van der Waals surface area contributed by atoms with Crippen molar-refractivity contribution in [3.05, 3.63) is 34.9 Å². The lowest BCUT2D eigenvalue weighted by Gasteiger charge is -2.22. The highest BCUT2D eigenvalue weighted by Gasteiger charge is 2.53. The van der Waals surface area contributed by atoms with Crippen molar-refractivity contribution in [1.29, 1.82) is 0 Å². The molecule has 1 spiro atoms. The van der Waals surface area contributed by atoms with Crippen LogP contribution in [0.25, 0.3) is 0 Å². The summed E-state index contributed by atoms with van der Waals surface area (Å²) in [5.41, 5.74) is 2.74. The summed E-state index contributed by atoms with van der Waals surface area (Å²) in [5.74, 6) is -0.271. The average molecular weight is 371 g/mol. The van der Waals surface area contributed by atoms with Gasteiger partial charge in [0.2, 0.25) is 17.7 Å². The molecule has 146 valence electrons. The van der Waals surface area contributed by atoms with Crippen molar-refractivity contribution < 1.29 is 14.4 Å². The van der Waals surface area contributed by atoms with Gasteiger partial charge in [-0.15, -0.1) is 0 Å². The van der Waals surface area contributed by atoms with Gasteiger partial charge < -0.3 is 15.5 Å². The Hall–Kier alpha value is -2.37. The van der Waals surface area contributed by atoms with Gasteiger partial charge in [-0.3, -0.25) is 14.4 Å². The minimum Gasteiger partial charge on any atom is -0.350 e. The molecule has 2 N–H and O–H groups in total. The highest BCUT2D eigenvalue weighted by molar-refractivity contribution is 5.95. The molecule has 2 aliphatic rings. The van der Waals surface area contributed by atoms with Crippen molar-refractivity contribution in [2.75, 3.05) is 13.1 Å². The van der Waals surface area contributed by atoms with Crippen LogP contribution in [0.4, 0.5) is 0 Å². The number of carbonyl (C=O) groups is 3. The lowest BCUT2D eigenvalue weighted by molar-refractivity contribution is -0.134. The number of hydrogen-bond acceptors (Lipinski definition) is 3. The fraction of sp³-hybridized carbons (Fsp3) is 0.571. The topological polar surface area (TPSA) is 78.5 Å². The van der Waals surface area contributed by atoms with Gasteiger partial charge in [0.15, 0.2) is 0 Å². The summed E-state index contributed by atoms with van der Waals surface area (Å²) in [6, 6.07) is 5.63. The monoisotopic (exact) mass is 371 g/mol. The largest absolute Gasteiger partial charge is 0.350 e. The summed E-state index contributed by atoms with van der Waals surface area (Å²) < 4.78 is 0. The Morgan fingerprint density at radius 2 is 2.07 bits per heavy atom. The fourth-order valence-electron chi connectivity index (χ4n) is 4.08. The second-order valence-corrected chi connectivity index (χ2v) is 8.32. The quantitative estimate of drug-likeness (QED) is 0.845. The summed E-state index contributed by atoms with van der Waals surface area (Å²) in [7, 11) is 0. The third-order valence-electron chi connectivity index (χ3n) is 5.82. The van der Waals surface area contributed by atoms with Crippen LogP contribution < -0.4 is 10.6 Å². The third-order valence-corrected chi connectivity index (χ3v) is 5.82. The number of benzene rings is 1. The van der Waals surface area contributed by atoms with E-state index in [1.807, 2.05) is 39.8 Å². The maximum absolute atomic E-state index is 12.6. The van der Waals surface area contributed by atoms with E-state index in [9.17, 15) is 14.4 Å². The molecule has 6 nitrogen and oxygen atoms in total. The van der Waals surface area contributed by atoms with E-state index in [2.05, 4.69) is 16.7 Å². The fourth-order valence-corrected chi connectivity index (χ4v) is 4.08. The molecule has 3 amide bonds. The molecule has 1 aromatic rings. The zero-order valence-electron chi connectivity index (χ0n) is 16.6. The van der Waals surface area contributed by atoms with Crippen LogP contribution in [0.5, 0.6) is 0 Å². The van der Waals surface area contributed by atoms with Gasteiger partial charge in [-0.1, -0.05) is 37.6 Å². The number of aryl methyl sites for hydroxylation is 2. The molecule has 6 heteroatoms. The zero-order chi connectivity index (χ0) is 19.8. The van der Waals surface area contributed by atoms with Crippen LogP contribution in [0.2, 0.25) is 0 Å². The van der Waals surface area contributed by atoms with Crippen molar-refractivity contribution in [3.8, 4) is 0 Å². The van der Waals surface area contributed by atoms with Gasteiger partial charge in [0.05, 0.1) is 5.41 Å². The molecule has 0 unspecified atom stereocenters. The van der Waals surface area contributed by atoms with Gasteiger partial charge in [0.25, 0.3) is 0 Å². The first-order chi connectivity index (χ1) is 12.7. The van der Waals surface area contributed by atoms with Crippen molar-refractivity contribution in [2.45, 2.75) is 53.1 Å². The van der Waals surface area contributed by atoms with Gasteiger partial charge in [-0.05, 0) is 37.8 Å². The molecule has 2 fully saturated rings. The Kier molecular flexibility index (Phi) is 5.27. The van der Waals surface area contributed by atoms with Crippen LogP contribution in [0, 0.1) is 25.2 Å².